The molecule has 0 unspecified atom stereocenters. The number of halogens is 2. The van der Waals surface area contributed by atoms with E-state index in [0.29, 0.717) is 34.0 Å². The normalized spacial score (nSPS) is 11.2. The van der Waals surface area contributed by atoms with Crippen LogP contribution in [0.3, 0.4) is 0 Å². The number of aromatic nitrogens is 4. The third kappa shape index (κ3) is 8.20. The lowest BCUT2D eigenvalue weighted by Gasteiger charge is -2.19. The molecule has 2 N–H and O–H groups in total. The molecule has 0 saturated heterocycles. The van der Waals surface area contributed by atoms with E-state index < -0.39 is 23.6 Å². The van der Waals surface area contributed by atoms with Crippen LogP contribution in [0.2, 0.25) is 10.0 Å². The van der Waals surface area contributed by atoms with E-state index in [0.717, 1.165) is 38.8 Å². The topological polar surface area (TPSA) is 136 Å². The van der Waals surface area contributed by atoms with Crippen molar-refractivity contribution >= 4 is 63.0 Å². The standard InChI is InChI=1S/C21H21ClN2O4.C15H11ClN2O2/c1-21(2,3)28-20(26)24-12-17(22)16-10-13(5-6-18(16)24)9-15-11-14(7-8-23-15)19(25)27-4;16-13-8-18-14-2-1-9(6-12(13)14)5-11-7-10(15(19)20)3-4-17-11/h5-8,10-12H,9H2,1-4H3;1-4,6-8,18H,5H2,(H,19,20). The third-order valence-corrected chi connectivity index (χ3v) is 7.79. The first-order valence-electron chi connectivity index (χ1n) is 14.8. The fourth-order valence-electron chi connectivity index (χ4n) is 5.00. The van der Waals surface area contributed by atoms with E-state index >= 15 is 0 Å². The van der Waals surface area contributed by atoms with E-state index in [2.05, 4.69) is 15.0 Å². The zero-order valence-electron chi connectivity index (χ0n) is 26.6. The number of nitrogens with one attached hydrogen (secondary N) is 1. The van der Waals surface area contributed by atoms with Crippen molar-refractivity contribution in [1.29, 1.82) is 0 Å². The summed E-state index contributed by atoms with van der Waals surface area (Å²) in [6, 6.07) is 17.9. The number of carbonyl (C=O) groups is 3. The number of aromatic amines is 1. The molecule has 48 heavy (non-hydrogen) atoms. The molecule has 12 heteroatoms. The monoisotopic (exact) mass is 686 g/mol. The first-order chi connectivity index (χ1) is 22.8. The molecule has 0 saturated carbocycles. The summed E-state index contributed by atoms with van der Waals surface area (Å²) in [4.78, 5) is 46.6. The molecule has 10 nitrogen and oxygen atoms in total. The van der Waals surface area contributed by atoms with E-state index in [1.165, 1.54) is 23.9 Å². The van der Waals surface area contributed by atoms with Gasteiger partial charge in [-0.1, -0.05) is 35.3 Å². The number of carbonyl (C=O) groups excluding carboxylic acids is 2. The largest absolute Gasteiger partial charge is 0.478 e. The molecule has 6 aromatic rings. The van der Waals surface area contributed by atoms with Crippen molar-refractivity contribution in [2.24, 2.45) is 0 Å². The van der Waals surface area contributed by atoms with Crippen LogP contribution in [-0.2, 0) is 22.3 Å². The highest BCUT2D eigenvalue weighted by Gasteiger charge is 2.21. The Balaban J connectivity index is 0.000000198. The lowest BCUT2D eigenvalue weighted by Crippen LogP contribution is -2.26. The molecule has 0 atom stereocenters. The maximum Gasteiger partial charge on any atom is 0.419 e. The second-order valence-electron chi connectivity index (χ2n) is 11.9. The van der Waals surface area contributed by atoms with Gasteiger partial charge in [0.15, 0.2) is 0 Å². The maximum absolute atomic E-state index is 12.4. The van der Waals surface area contributed by atoms with Crippen molar-refractivity contribution in [3.8, 4) is 0 Å². The van der Waals surface area contributed by atoms with Crippen molar-refractivity contribution in [2.75, 3.05) is 7.11 Å². The van der Waals surface area contributed by atoms with Gasteiger partial charge in [-0.3, -0.25) is 14.5 Å². The number of H-pyrrole nitrogens is 1. The Morgan fingerprint density at radius 1 is 0.833 bits per heavy atom. The van der Waals surface area contributed by atoms with Crippen LogP contribution in [0.1, 0.15) is 64.0 Å². The predicted molar refractivity (Wildman–Crippen MR) is 184 cm³/mol. The van der Waals surface area contributed by atoms with Crippen LogP contribution in [0, 0.1) is 0 Å². The van der Waals surface area contributed by atoms with Gasteiger partial charge in [0.05, 0.1) is 33.8 Å². The number of rotatable bonds is 6. The zero-order chi connectivity index (χ0) is 34.6. The number of ether oxygens (including phenoxy) is 2. The Kier molecular flexibility index (Phi) is 10.2. The Hall–Kier alpha value is -5.19. The lowest BCUT2D eigenvalue weighted by molar-refractivity contribution is 0.0542. The number of hydrogen-bond donors (Lipinski definition) is 2. The van der Waals surface area contributed by atoms with Crippen LogP contribution >= 0.6 is 23.2 Å². The quantitative estimate of drug-likeness (QED) is 0.167. The van der Waals surface area contributed by atoms with E-state index in [4.69, 9.17) is 37.8 Å². The van der Waals surface area contributed by atoms with Crippen LogP contribution in [0.5, 0.6) is 0 Å². The van der Waals surface area contributed by atoms with Crippen molar-refractivity contribution < 1.29 is 29.0 Å². The van der Waals surface area contributed by atoms with Crippen LogP contribution in [0.25, 0.3) is 21.8 Å². The molecular formula is C36H32Cl2N4O6. The fourth-order valence-corrected chi connectivity index (χ4v) is 5.46. The SMILES string of the molecule is COC(=O)c1ccnc(Cc2ccc3c(c2)c(Cl)cn3C(=O)OC(C)(C)C)c1.O=C(O)c1ccnc(Cc2ccc3[nH]cc(Cl)c3c2)c1. The molecule has 246 valence electrons. The number of carboxylic acid groups (broad SMARTS) is 1. The molecule has 4 heterocycles. The number of nitrogens with zero attached hydrogens (tertiary/aromatic N) is 3. The number of benzene rings is 2. The van der Waals surface area contributed by atoms with E-state index in [9.17, 15) is 14.4 Å². The van der Waals surface area contributed by atoms with Crippen LogP contribution < -0.4 is 0 Å². The summed E-state index contributed by atoms with van der Waals surface area (Å²) in [5.41, 5.74) is 5.17. The van der Waals surface area contributed by atoms with Crippen molar-refractivity contribution in [3.63, 3.8) is 0 Å². The van der Waals surface area contributed by atoms with Gasteiger partial charge in [-0.25, -0.2) is 14.4 Å². The summed E-state index contributed by atoms with van der Waals surface area (Å²) < 4.78 is 11.6. The minimum Gasteiger partial charge on any atom is -0.478 e. The number of methoxy groups -OCH3 is 1. The van der Waals surface area contributed by atoms with Gasteiger partial charge in [0, 0.05) is 65.3 Å². The van der Waals surface area contributed by atoms with Gasteiger partial charge in [-0.05, 0) is 80.4 Å². The summed E-state index contributed by atoms with van der Waals surface area (Å²) >= 11 is 12.4. The third-order valence-electron chi connectivity index (χ3n) is 7.18. The summed E-state index contributed by atoms with van der Waals surface area (Å²) in [6.45, 7) is 5.43. The highest BCUT2D eigenvalue weighted by molar-refractivity contribution is 6.36. The van der Waals surface area contributed by atoms with Gasteiger partial charge in [0.1, 0.15) is 5.60 Å². The molecule has 0 spiro atoms. The Morgan fingerprint density at radius 2 is 1.44 bits per heavy atom. The van der Waals surface area contributed by atoms with Gasteiger partial charge >= 0.3 is 18.0 Å². The van der Waals surface area contributed by atoms with Gasteiger partial charge in [0.25, 0.3) is 0 Å². The minimum absolute atomic E-state index is 0.246. The van der Waals surface area contributed by atoms with Crippen molar-refractivity contribution in [1.82, 2.24) is 19.5 Å². The Bertz CT molecular complexity index is 2150. The van der Waals surface area contributed by atoms with Crippen LogP contribution in [0.15, 0.2) is 85.5 Å². The van der Waals surface area contributed by atoms with Gasteiger partial charge < -0.3 is 19.6 Å². The first-order valence-corrected chi connectivity index (χ1v) is 15.6. The number of hydrogen-bond acceptors (Lipinski definition) is 7. The van der Waals surface area contributed by atoms with E-state index in [-0.39, 0.29) is 5.56 Å². The van der Waals surface area contributed by atoms with Crippen LogP contribution in [-0.4, -0.2) is 55.4 Å². The zero-order valence-corrected chi connectivity index (χ0v) is 28.1. The molecule has 0 fully saturated rings. The number of pyridine rings is 2. The molecule has 4 aromatic heterocycles. The van der Waals surface area contributed by atoms with Crippen LogP contribution in [0.4, 0.5) is 4.79 Å². The maximum atomic E-state index is 12.4. The predicted octanol–water partition coefficient (Wildman–Crippen LogP) is 8.36. The minimum atomic E-state index is -0.946. The average Bonchev–Trinajstić information content (AvgIpc) is 3.59. The fraction of sp³-hybridized carbons (Fsp3) is 0.194. The van der Waals surface area contributed by atoms with Gasteiger partial charge in [0.2, 0.25) is 0 Å². The molecular weight excluding hydrogens is 655 g/mol. The Labute approximate surface area is 286 Å². The molecule has 6 rings (SSSR count). The highest BCUT2D eigenvalue weighted by Crippen LogP contribution is 2.29. The molecule has 2 aromatic carbocycles. The number of carboxylic acids is 1. The van der Waals surface area contributed by atoms with E-state index in [1.54, 1.807) is 36.8 Å². The van der Waals surface area contributed by atoms with E-state index in [1.807, 2.05) is 57.2 Å². The number of aromatic carboxylic acids is 1. The highest BCUT2D eigenvalue weighted by atomic mass is 35.5. The molecule has 0 bridgehead atoms. The molecule has 0 amide bonds. The van der Waals surface area contributed by atoms with Gasteiger partial charge in [-0.15, -0.1) is 0 Å². The summed E-state index contributed by atoms with van der Waals surface area (Å²) in [7, 11) is 1.34. The molecule has 0 aliphatic carbocycles. The molecule has 0 aliphatic rings. The average molecular weight is 688 g/mol. The molecule has 0 radical (unpaired) electrons. The first kappa shape index (κ1) is 34.2. The number of esters is 1. The second kappa shape index (κ2) is 14.3. The van der Waals surface area contributed by atoms with Crippen molar-refractivity contribution in [2.45, 2.75) is 39.2 Å². The molecule has 0 aliphatic heterocycles. The summed E-state index contributed by atoms with van der Waals surface area (Å²) in [5.74, 6) is -1.35. The smallest absolute Gasteiger partial charge is 0.419 e. The number of fused-ring (bicyclic) bond motifs is 2. The van der Waals surface area contributed by atoms with Gasteiger partial charge in [-0.2, -0.15) is 0 Å². The summed E-state index contributed by atoms with van der Waals surface area (Å²) in [5, 5.41) is 11.8. The summed E-state index contributed by atoms with van der Waals surface area (Å²) in [6.07, 6.45) is 6.99. The Morgan fingerprint density at radius 3 is 2.06 bits per heavy atom. The van der Waals surface area contributed by atoms with Crippen molar-refractivity contribution in [3.05, 3.63) is 129 Å². The lowest BCUT2D eigenvalue weighted by atomic mass is 10.1. The second-order valence-corrected chi connectivity index (χ2v) is 12.7.